The second-order valence-corrected chi connectivity index (χ2v) is 12.4. The Bertz CT molecular complexity index is 1440. The lowest BCUT2D eigenvalue weighted by atomic mass is 9.83. The molecule has 3 aliphatic rings. The average Bonchev–Trinajstić information content (AvgIpc) is 3.49. The highest BCUT2D eigenvalue weighted by atomic mass is 32.2. The van der Waals surface area contributed by atoms with Gasteiger partial charge in [0.15, 0.2) is 0 Å². The van der Waals surface area contributed by atoms with Crippen LogP contribution in [0.25, 0.3) is 11.1 Å². The van der Waals surface area contributed by atoms with Gasteiger partial charge >= 0.3 is 0 Å². The van der Waals surface area contributed by atoms with E-state index < -0.39 is 27.5 Å². The summed E-state index contributed by atoms with van der Waals surface area (Å²) in [5.74, 6) is 1.32. The van der Waals surface area contributed by atoms with E-state index in [1.54, 1.807) is 59.9 Å². The van der Waals surface area contributed by atoms with Crippen LogP contribution in [0.4, 0.5) is 5.69 Å². The van der Waals surface area contributed by atoms with Crippen molar-refractivity contribution in [3.8, 4) is 17.2 Å². The van der Waals surface area contributed by atoms with E-state index in [4.69, 9.17) is 9.47 Å². The topological polar surface area (TPSA) is 96.3 Å². The second-order valence-electron chi connectivity index (χ2n) is 10.3. The molecule has 0 amide bonds. The van der Waals surface area contributed by atoms with Crippen LogP contribution in [0.5, 0.6) is 17.2 Å². The van der Waals surface area contributed by atoms with Crippen LogP contribution in [-0.4, -0.2) is 49.7 Å². The molecule has 2 aliphatic heterocycles. The SMILES string of the molecule is COc1ccc(N(CC2CCC2)S(=O)(=O)C2CC3OC2C(c2ccc(O)cc2)=C3c2ccc(O)cc2)cc1. The zero-order chi connectivity index (χ0) is 26.4. The lowest BCUT2D eigenvalue weighted by Crippen LogP contribution is -2.46. The van der Waals surface area contributed by atoms with Crippen molar-refractivity contribution >= 4 is 26.9 Å². The summed E-state index contributed by atoms with van der Waals surface area (Å²) in [5, 5.41) is 19.0. The van der Waals surface area contributed by atoms with E-state index in [1.165, 1.54) is 0 Å². The third-order valence-corrected chi connectivity index (χ3v) is 10.2. The van der Waals surface area contributed by atoms with Gasteiger partial charge in [-0.15, -0.1) is 0 Å². The number of benzene rings is 3. The zero-order valence-corrected chi connectivity index (χ0v) is 22.0. The Morgan fingerprint density at radius 3 is 1.97 bits per heavy atom. The van der Waals surface area contributed by atoms with Gasteiger partial charge < -0.3 is 19.7 Å². The van der Waals surface area contributed by atoms with Crippen LogP contribution in [0.2, 0.25) is 0 Å². The monoisotopic (exact) mass is 533 g/mol. The third kappa shape index (κ3) is 4.31. The van der Waals surface area contributed by atoms with Crippen molar-refractivity contribution in [3.05, 3.63) is 83.9 Å². The van der Waals surface area contributed by atoms with Crippen molar-refractivity contribution in [2.45, 2.75) is 43.1 Å². The minimum Gasteiger partial charge on any atom is -0.508 e. The van der Waals surface area contributed by atoms with Gasteiger partial charge in [-0.1, -0.05) is 30.7 Å². The fourth-order valence-electron chi connectivity index (χ4n) is 5.82. The minimum atomic E-state index is -3.79. The van der Waals surface area contributed by atoms with Crippen LogP contribution < -0.4 is 9.04 Å². The fraction of sp³-hybridized carbons (Fsp3) is 0.333. The van der Waals surface area contributed by atoms with Gasteiger partial charge in [-0.3, -0.25) is 4.31 Å². The highest BCUT2D eigenvalue weighted by Crippen LogP contribution is 2.51. The number of sulfonamides is 1. The molecule has 0 spiro atoms. The molecule has 7 nitrogen and oxygen atoms in total. The van der Waals surface area contributed by atoms with Crippen LogP contribution in [-0.2, 0) is 14.8 Å². The van der Waals surface area contributed by atoms with Gasteiger partial charge in [0, 0.05) is 6.54 Å². The maximum atomic E-state index is 14.4. The number of ether oxygens (including phenoxy) is 2. The molecule has 2 N–H and O–H groups in total. The molecule has 2 bridgehead atoms. The zero-order valence-electron chi connectivity index (χ0n) is 21.2. The first-order valence-corrected chi connectivity index (χ1v) is 14.5. The Kier molecular flexibility index (Phi) is 6.32. The predicted octanol–water partition coefficient (Wildman–Crippen LogP) is 5.19. The quantitative estimate of drug-likeness (QED) is 0.414. The number of fused-ring (bicyclic) bond motifs is 2. The Labute approximate surface area is 223 Å². The molecule has 0 radical (unpaired) electrons. The van der Waals surface area contributed by atoms with Crippen LogP contribution in [0.1, 0.15) is 36.8 Å². The van der Waals surface area contributed by atoms with Crippen molar-refractivity contribution in [3.63, 3.8) is 0 Å². The molecule has 3 unspecified atom stereocenters. The maximum Gasteiger partial charge on any atom is 0.241 e. The van der Waals surface area contributed by atoms with Gasteiger partial charge in [0.25, 0.3) is 0 Å². The number of methoxy groups -OCH3 is 1. The number of phenols is 2. The Morgan fingerprint density at radius 1 is 0.868 bits per heavy atom. The first kappa shape index (κ1) is 24.8. The van der Waals surface area contributed by atoms with Crippen molar-refractivity contribution in [1.82, 2.24) is 0 Å². The number of rotatable bonds is 8. The van der Waals surface area contributed by atoms with Gasteiger partial charge in [0.1, 0.15) is 28.6 Å². The van der Waals surface area contributed by atoms with E-state index >= 15 is 0 Å². The van der Waals surface area contributed by atoms with Crippen LogP contribution in [0, 0.1) is 5.92 Å². The molecule has 2 heterocycles. The first-order chi connectivity index (χ1) is 18.3. The number of phenolic OH excluding ortho intramolecular Hbond substituents is 2. The van der Waals surface area contributed by atoms with Crippen molar-refractivity contribution in [1.29, 1.82) is 0 Å². The third-order valence-electron chi connectivity index (χ3n) is 8.05. The molecular weight excluding hydrogens is 502 g/mol. The van der Waals surface area contributed by atoms with Gasteiger partial charge in [0.05, 0.1) is 18.9 Å². The normalized spacial score (nSPS) is 22.9. The lowest BCUT2D eigenvalue weighted by molar-refractivity contribution is 0.128. The van der Waals surface area contributed by atoms with E-state index in [1.807, 2.05) is 24.3 Å². The Balaban J connectivity index is 1.42. The summed E-state index contributed by atoms with van der Waals surface area (Å²) in [4.78, 5) is 0. The highest BCUT2D eigenvalue weighted by molar-refractivity contribution is 7.93. The smallest absolute Gasteiger partial charge is 0.241 e. The maximum absolute atomic E-state index is 14.4. The summed E-state index contributed by atoms with van der Waals surface area (Å²) < 4.78 is 42.1. The average molecular weight is 534 g/mol. The molecule has 3 aromatic rings. The van der Waals surface area contributed by atoms with Crippen molar-refractivity contribution in [2.24, 2.45) is 5.92 Å². The van der Waals surface area contributed by atoms with Gasteiger partial charge in [-0.2, -0.15) is 0 Å². The van der Waals surface area contributed by atoms with Crippen LogP contribution in [0.15, 0.2) is 72.8 Å². The largest absolute Gasteiger partial charge is 0.508 e. The summed E-state index contributed by atoms with van der Waals surface area (Å²) in [7, 11) is -2.20. The minimum absolute atomic E-state index is 0.139. The van der Waals surface area contributed by atoms with E-state index in [2.05, 4.69) is 0 Å². The second kappa shape index (κ2) is 9.67. The Morgan fingerprint density at radius 2 is 1.45 bits per heavy atom. The highest BCUT2D eigenvalue weighted by Gasteiger charge is 2.54. The number of aromatic hydroxyl groups is 2. The summed E-state index contributed by atoms with van der Waals surface area (Å²) in [6.07, 6.45) is 2.48. The molecular formula is C30H31NO6S. The van der Waals surface area contributed by atoms with Crippen molar-refractivity contribution in [2.75, 3.05) is 18.0 Å². The standard InChI is InChI=1S/C30H31NO6S/c1-36-25-15-9-22(10-16-25)31(18-19-3-2-4-19)38(34,35)27-17-26-28(20-5-11-23(32)12-6-20)29(30(27)37-26)21-7-13-24(33)14-8-21/h5-16,19,26-27,30,32-33H,2-4,17-18H2,1H3. The molecule has 38 heavy (non-hydrogen) atoms. The fourth-order valence-corrected chi connectivity index (χ4v) is 7.91. The van der Waals surface area contributed by atoms with Crippen LogP contribution >= 0.6 is 0 Å². The van der Waals surface area contributed by atoms with Gasteiger partial charge in [-0.05, 0) is 96.0 Å². The first-order valence-electron chi connectivity index (χ1n) is 13.0. The van der Waals surface area contributed by atoms with Gasteiger partial charge in [-0.25, -0.2) is 8.42 Å². The summed E-state index contributed by atoms with van der Waals surface area (Å²) >= 11 is 0. The summed E-state index contributed by atoms with van der Waals surface area (Å²) in [6, 6.07) is 20.9. The van der Waals surface area contributed by atoms with E-state index in [9.17, 15) is 18.6 Å². The Hall–Kier alpha value is -3.49. The molecule has 3 aromatic carbocycles. The molecule has 8 heteroatoms. The summed E-state index contributed by atoms with van der Waals surface area (Å²) in [6.45, 7) is 0.450. The summed E-state index contributed by atoms with van der Waals surface area (Å²) in [5.41, 5.74) is 4.08. The van der Waals surface area contributed by atoms with E-state index in [0.29, 0.717) is 30.3 Å². The number of hydrogen-bond donors (Lipinski definition) is 2. The molecule has 1 saturated heterocycles. The molecule has 2 fully saturated rings. The predicted molar refractivity (Wildman–Crippen MR) is 147 cm³/mol. The number of hydrogen-bond acceptors (Lipinski definition) is 6. The molecule has 1 saturated carbocycles. The molecule has 0 aromatic heterocycles. The lowest BCUT2D eigenvalue weighted by Gasteiger charge is -2.36. The van der Waals surface area contributed by atoms with E-state index in [0.717, 1.165) is 41.5 Å². The molecule has 3 atom stereocenters. The van der Waals surface area contributed by atoms with Gasteiger partial charge in [0.2, 0.25) is 10.0 Å². The van der Waals surface area contributed by atoms with Crippen LogP contribution in [0.3, 0.4) is 0 Å². The number of anilines is 1. The molecule has 1 aliphatic carbocycles. The molecule has 6 rings (SSSR count). The number of nitrogens with zero attached hydrogens (tertiary/aromatic N) is 1. The molecule has 198 valence electrons. The van der Waals surface area contributed by atoms with E-state index in [-0.39, 0.29) is 11.5 Å². The van der Waals surface area contributed by atoms with Crippen molar-refractivity contribution < 1.29 is 28.1 Å².